The lowest BCUT2D eigenvalue weighted by Gasteiger charge is -2.21. The third-order valence-corrected chi connectivity index (χ3v) is 4.12. The maximum absolute atomic E-state index is 4.80. The van der Waals surface area contributed by atoms with Crippen LogP contribution in [0.25, 0.3) is 10.7 Å². The lowest BCUT2D eigenvalue weighted by Crippen LogP contribution is -2.27. The third kappa shape index (κ3) is 2.06. The van der Waals surface area contributed by atoms with Gasteiger partial charge in [-0.2, -0.15) is 0 Å². The number of hydrogen-bond acceptors (Lipinski definition) is 4. The molecule has 0 spiro atoms. The minimum absolute atomic E-state index is 0.457. The fraction of sp³-hybridized carbons (Fsp3) is 0.429. The van der Waals surface area contributed by atoms with Gasteiger partial charge in [0.1, 0.15) is 0 Å². The van der Waals surface area contributed by atoms with Crippen LogP contribution in [0.1, 0.15) is 36.7 Å². The van der Waals surface area contributed by atoms with E-state index >= 15 is 0 Å². The molecule has 2 aromatic heterocycles. The van der Waals surface area contributed by atoms with Crippen LogP contribution in [0.4, 0.5) is 0 Å². The van der Waals surface area contributed by atoms with Crippen molar-refractivity contribution in [1.29, 1.82) is 0 Å². The van der Waals surface area contributed by atoms with E-state index in [2.05, 4.69) is 36.7 Å². The second kappa shape index (κ2) is 4.78. The highest BCUT2D eigenvalue weighted by molar-refractivity contribution is 7.13. The first-order valence-corrected chi connectivity index (χ1v) is 7.28. The second-order valence-corrected chi connectivity index (χ2v) is 5.86. The van der Waals surface area contributed by atoms with Crippen molar-refractivity contribution in [3.63, 3.8) is 0 Å². The molecule has 3 rings (SSSR count). The summed E-state index contributed by atoms with van der Waals surface area (Å²) in [7, 11) is 0. The molecule has 1 N–H and O–H groups in total. The van der Waals surface area contributed by atoms with Crippen molar-refractivity contribution in [1.82, 2.24) is 15.3 Å². The molecule has 0 atom stereocenters. The predicted octanol–water partition coefficient (Wildman–Crippen LogP) is 2.97. The summed E-state index contributed by atoms with van der Waals surface area (Å²) < 4.78 is 0. The molecule has 0 fully saturated rings. The number of hydrogen-bond donors (Lipinski definition) is 1. The van der Waals surface area contributed by atoms with Gasteiger partial charge in [0.25, 0.3) is 0 Å². The van der Waals surface area contributed by atoms with Crippen LogP contribution in [0.3, 0.4) is 0 Å². The van der Waals surface area contributed by atoms with Crippen molar-refractivity contribution in [3.05, 3.63) is 34.5 Å². The van der Waals surface area contributed by atoms with Crippen LogP contribution in [0, 0.1) is 0 Å². The van der Waals surface area contributed by atoms with E-state index in [0.29, 0.717) is 5.92 Å². The first-order valence-electron chi connectivity index (χ1n) is 6.40. The van der Waals surface area contributed by atoms with Crippen LogP contribution < -0.4 is 5.32 Å². The summed E-state index contributed by atoms with van der Waals surface area (Å²) in [4.78, 5) is 10.7. The predicted molar refractivity (Wildman–Crippen MR) is 74.8 cm³/mol. The Morgan fingerprint density at radius 3 is 2.94 bits per heavy atom. The molecule has 0 amide bonds. The Morgan fingerprint density at radius 2 is 2.22 bits per heavy atom. The molecule has 18 heavy (non-hydrogen) atoms. The normalized spacial score (nSPS) is 14.8. The van der Waals surface area contributed by atoms with Crippen molar-refractivity contribution in [2.45, 2.75) is 32.7 Å². The summed E-state index contributed by atoms with van der Waals surface area (Å²) >= 11 is 1.70. The Bertz CT molecular complexity index is 546. The fourth-order valence-electron chi connectivity index (χ4n) is 2.38. The Labute approximate surface area is 111 Å². The van der Waals surface area contributed by atoms with Gasteiger partial charge in [-0.1, -0.05) is 19.9 Å². The van der Waals surface area contributed by atoms with Crippen LogP contribution in [-0.2, 0) is 13.0 Å². The monoisotopic (exact) mass is 259 g/mol. The third-order valence-electron chi connectivity index (χ3n) is 3.26. The summed E-state index contributed by atoms with van der Waals surface area (Å²) in [6.45, 7) is 6.33. The molecule has 0 aliphatic carbocycles. The Balaban J connectivity index is 2.15. The highest BCUT2D eigenvalue weighted by atomic mass is 32.1. The molecule has 0 saturated heterocycles. The van der Waals surface area contributed by atoms with Gasteiger partial charge in [-0.3, -0.25) is 0 Å². The summed E-state index contributed by atoms with van der Waals surface area (Å²) in [5.74, 6) is 1.34. The molecule has 3 heterocycles. The Hall–Kier alpha value is -1.26. The van der Waals surface area contributed by atoms with E-state index in [1.54, 1.807) is 11.3 Å². The first-order chi connectivity index (χ1) is 8.75. The molecule has 0 radical (unpaired) electrons. The maximum atomic E-state index is 4.80. The molecule has 1 aliphatic heterocycles. The van der Waals surface area contributed by atoms with Crippen LogP contribution in [0.5, 0.6) is 0 Å². The highest BCUT2D eigenvalue weighted by Crippen LogP contribution is 2.28. The largest absolute Gasteiger partial charge is 0.311 e. The Kier molecular flexibility index (Phi) is 3.14. The molecular formula is C14H17N3S. The Morgan fingerprint density at radius 1 is 1.33 bits per heavy atom. The van der Waals surface area contributed by atoms with Crippen molar-refractivity contribution in [2.75, 3.05) is 6.54 Å². The number of rotatable bonds is 2. The van der Waals surface area contributed by atoms with Gasteiger partial charge in [0, 0.05) is 6.54 Å². The van der Waals surface area contributed by atoms with Crippen LogP contribution in [0.15, 0.2) is 17.5 Å². The summed E-state index contributed by atoms with van der Waals surface area (Å²) in [6, 6.07) is 4.14. The number of thiophene rings is 1. The maximum Gasteiger partial charge on any atom is 0.169 e. The molecule has 0 unspecified atom stereocenters. The number of nitrogens with one attached hydrogen (secondary N) is 1. The van der Waals surface area contributed by atoms with E-state index in [9.17, 15) is 0 Å². The van der Waals surface area contributed by atoms with Gasteiger partial charge in [-0.25, -0.2) is 9.97 Å². The molecule has 0 bridgehead atoms. The van der Waals surface area contributed by atoms with Gasteiger partial charge in [0.2, 0.25) is 0 Å². The van der Waals surface area contributed by atoms with E-state index in [-0.39, 0.29) is 0 Å². The average Bonchev–Trinajstić information content (AvgIpc) is 2.91. The SMILES string of the molecule is CC(C)c1nc(-c2cccs2)nc2c1CCNC2. The van der Waals surface area contributed by atoms with Gasteiger partial charge < -0.3 is 5.32 Å². The number of aromatic nitrogens is 2. The number of fused-ring (bicyclic) bond motifs is 1. The van der Waals surface area contributed by atoms with Crippen molar-refractivity contribution < 1.29 is 0 Å². The zero-order chi connectivity index (χ0) is 12.5. The molecule has 2 aromatic rings. The first kappa shape index (κ1) is 11.8. The van der Waals surface area contributed by atoms with Crippen LogP contribution >= 0.6 is 11.3 Å². The molecule has 3 nitrogen and oxygen atoms in total. The van der Waals surface area contributed by atoms with E-state index < -0.39 is 0 Å². The minimum Gasteiger partial charge on any atom is -0.311 e. The highest BCUT2D eigenvalue weighted by Gasteiger charge is 2.19. The van der Waals surface area contributed by atoms with E-state index in [1.165, 1.54) is 17.0 Å². The van der Waals surface area contributed by atoms with E-state index in [1.807, 2.05) is 0 Å². The van der Waals surface area contributed by atoms with Crippen LogP contribution in [0.2, 0.25) is 0 Å². The number of nitrogens with zero attached hydrogens (tertiary/aromatic N) is 2. The van der Waals surface area contributed by atoms with Crippen molar-refractivity contribution in [3.8, 4) is 10.7 Å². The van der Waals surface area contributed by atoms with E-state index in [0.717, 1.165) is 30.2 Å². The zero-order valence-corrected chi connectivity index (χ0v) is 11.5. The lowest BCUT2D eigenvalue weighted by atomic mass is 9.97. The zero-order valence-electron chi connectivity index (χ0n) is 10.7. The van der Waals surface area contributed by atoms with Crippen molar-refractivity contribution in [2.24, 2.45) is 0 Å². The van der Waals surface area contributed by atoms with Gasteiger partial charge in [0.05, 0.1) is 16.3 Å². The molecule has 94 valence electrons. The molecule has 0 aromatic carbocycles. The van der Waals surface area contributed by atoms with Gasteiger partial charge in [-0.15, -0.1) is 11.3 Å². The van der Waals surface area contributed by atoms with Gasteiger partial charge in [0.15, 0.2) is 5.82 Å². The van der Waals surface area contributed by atoms with Crippen molar-refractivity contribution >= 4 is 11.3 Å². The fourth-order valence-corrected chi connectivity index (χ4v) is 3.04. The van der Waals surface area contributed by atoms with Gasteiger partial charge >= 0.3 is 0 Å². The minimum atomic E-state index is 0.457. The lowest BCUT2D eigenvalue weighted by molar-refractivity contribution is 0.609. The topological polar surface area (TPSA) is 37.8 Å². The standard InChI is InChI=1S/C14H17N3S/c1-9(2)13-10-5-6-15-8-11(10)16-14(17-13)12-4-3-7-18-12/h3-4,7,9,15H,5-6,8H2,1-2H3. The van der Waals surface area contributed by atoms with Gasteiger partial charge in [-0.05, 0) is 35.9 Å². The smallest absolute Gasteiger partial charge is 0.169 e. The summed E-state index contributed by atoms with van der Waals surface area (Å²) in [6.07, 6.45) is 1.05. The molecule has 1 aliphatic rings. The summed E-state index contributed by atoms with van der Waals surface area (Å²) in [5, 5.41) is 5.47. The molecular weight excluding hydrogens is 242 g/mol. The average molecular weight is 259 g/mol. The van der Waals surface area contributed by atoms with Crippen LogP contribution in [-0.4, -0.2) is 16.5 Å². The quantitative estimate of drug-likeness (QED) is 0.901. The second-order valence-electron chi connectivity index (χ2n) is 4.92. The summed E-state index contributed by atoms with van der Waals surface area (Å²) in [5.41, 5.74) is 3.78. The molecule has 4 heteroatoms. The molecule has 0 saturated carbocycles. The van der Waals surface area contributed by atoms with E-state index in [4.69, 9.17) is 9.97 Å².